The molecule has 4 nitrogen and oxygen atoms in total. The predicted octanol–water partition coefficient (Wildman–Crippen LogP) is 4.38. The number of hydrogen-bond acceptors (Lipinski definition) is 5. The van der Waals surface area contributed by atoms with Gasteiger partial charge in [-0.3, -0.25) is 0 Å². The molecule has 0 aliphatic heterocycles. The van der Waals surface area contributed by atoms with Gasteiger partial charge in [0.05, 0.1) is 25.4 Å². The van der Waals surface area contributed by atoms with Gasteiger partial charge in [-0.25, -0.2) is 0 Å². The second kappa shape index (κ2) is 10.9. The minimum absolute atomic E-state index is 0.238. The van der Waals surface area contributed by atoms with Crippen LogP contribution >= 0.6 is 23.4 Å². The molecule has 1 atom stereocenters. The molecule has 6 heteroatoms. The molecule has 30 heavy (non-hydrogen) atoms. The Balaban J connectivity index is 1.60. The largest absolute Gasteiger partial charge is 0.493 e. The van der Waals surface area contributed by atoms with E-state index in [-0.39, 0.29) is 19.1 Å². The molecule has 1 aliphatic carbocycles. The number of rotatable bonds is 10. The first-order valence-corrected chi connectivity index (χ1v) is 11.0. The van der Waals surface area contributed by atoms with Crippen LogP contribution in [-0.2, 0) is 6.42 Å². The van der Waals surface area contributed by atoms with Gasteiger partial charge in [0.25, 0.3) is 0 Å². The van der Waals surface area contributed by atoms with Crippen molar-refractivity contribution in [2.24, 2.45) is 11.7 Å². The van der Waals surface area contributed by atoms with Crippen molar-refractivity contribution in [3.8, 4) is 5.75 Å². The molecule has 2 aromatic carbocycles. The van der Waals surface area contributed by atoms with E-state index in [0.29, 0.717) is 24.5 Å². The minimum Gasteiger partial charge on any atom is -0.493 e. The summed E-state index contributed by atoms with van der Waals surface area (Å²) >= 11 is 8.07. The number of aryl methyl sites for hydroxylation is 1. The van der Waals surface area contributed by atoms with Crippen molar-refractivity contribution in [2.45, 2.75) is 28.2 Å². The topological polar surface area (TPSA) is 75.7 Å². The smallest absolute Gasteiger partial charge is 0.120 e. The Bertz CT molecular complexity index is 949. The third-order valence-corrected chi connectivity index (χ3v) is 6.22. The number of benzene rings is 2. The van der Waals surface area contributed by atoms with Crippen molar-refractivity contribution in [3.05, 3.63) is 83.1 Å². The zero-order valence-electron chi connectivity index (χ0n) is 16.6. The molecule has 158 valence electrons. The van der Waals surface area contributed by atoms with Crippen molar-refractivity contribution >= 4 is 23.4 Å². The lowest BCUT2D eigenvalue weighted by atomic mass is 9.94. The normalized spacial score (nSPS) is 15.5. The van der Waals surface area contributed by atoms with E-state index in [9.17, 15) is 10.2 Å². The van der Waals surface area contributed by atoms with E-state index in [1.165, 1.54) is 0 Å². The Kier molecular flexibility index (Phi) is 8.23. The van der Waals surface area contributed by atoms with Gasteiger partial charge in [-0.1, -0.05) is 47.6 Å². The van der Waals surface area contributed by atoms with E-state index in [1.54, 1.807) is 11.8 Å². The van der Waals surface area contributed by atoms with Gasteiger partial charge in [0, 0.05) is 20.7 Å². The number of nitrogens with two attached hydrogens (primary N) is 1. The van der Waals surface area contributed by atoms with E-state index in [4.69, 9.17) is 22.1 Å². The Morgan fingerprint density at radius 2 is 1.93 bits per heavy atom. The van der Waals surface area contributed by atoms with E-state index < -0.39 is 5.54 Å². The maximum atomic E-state index is 9.33. The van der Waals surface area contributed by atoms with Crippen LogP contribution in [0, 0.1) is 5.92 Å². The summed E-state index contributed by atoms with van der Waals surface area (Å²) in [5.41, 5.74) is 8.98. The molecule has 3 rings (SSSR count). The van der Waals surface area contributed by atoms with Gasteiger partial charge >= 0.3 is 0 Å². The van der Waals surface area contributed by atoms with Gasteiger partial charge in [-0.2, -0.15) is 0 Å². The standard InChI is InChI=1S/C24H26ClNO3S/c25-23-14-22(10-9-19(23)11-12-24(26,16-27)17-28)30-21-8-4-7-20(13-21)29-15-18-5-2-1-3-6-18/h1-2,4-10,13-14,18,27-28H,11-12,15-17,26H2/t18-/m1/s1. The van der Waals surface area contributed by atoms with Gasteiger partial charge in [0.2, 0.25) is 0 Å². The Morgan fingerprint density at radius 1 is 1.13 bits per heavy atom. The van der Waals surface area contributed by atoms with E-state index in [2.05, 4.69) is 11.8 Å². The lowest BCUT2D eigenvalue weighted by molar-refractivity contribution is 0.115. The molecule has 0 heterocycles. The van der Waals surface area contributed by atoms with Crippen molar-refractivity contribution < 1.29 is 14.9 Å². The molecule has 0 bridgehead atoms. The number of halogens is 1. The maximum Gasteiger partial charge on any atom is 0.120 e. The summed E-state index contributed by atoms with van der Waals surface area (Å²) in [6.45, 7) is 0.0469. The summed E-state index contributed by atoms with van der Waals surface area (Å²) in [6, 6.07) is 13.9. The average Bonchev–Trinajstić information content (AvgIpc) is 2.78. The molecule has 1 aliphatic rings. The number of ether oxygens (including phenoxy) is 1. The predicted molar refractivity (Wildman–Crippen MR) is 122 cm³/mol. The molecule has 0 unspecified atom stereocenters. The fourth-order valence-corrected chi connectivity index (χ4v) is 4.18. The highest BCUT2D eigenvalue weighted by atomic mass is 35.5. The third kappa shape index (κ3) is 6.51. The SMILES string of the molecule is NC(CO)(CO)CCc1ccc(Sc2cccc(OC[C@H]3C=C=CC=C3)c2)cc1Cl. The van der Waals surface area contributed by atoms with Crippen LogP contribution in [0.2, 0.25) is 5.02 Å². The Morgan fingerprint density at radius 3 is 2.63 bits per heavy atom. The molecular weight excluding hydrogens is 418 g/mol. The second-order valence-electron chi connectivity index (χ2n) is 7.37. The van der Waals surface area contributed by atoms with Crippen LogP contribution in [0.15, 0.2) is 82.3 Å². The van der Waals surface area contributed by atoms with Crippen LogP contribution in [0.4, 0.5) is 0 Å². The highest BCUT2D eigenvalue weighted by Gasteiger charge is 2.23. The summed E-state index contributed by atoms with van der Waals surface area (Å²) in [4.78, 5) is 2.08. The molecule has 4 N–H and O–H groups in total. The lowest BCUT2D eigenvalue weighted by Crippen LogP contribution is -2.47. The van der Waals surface area contributed by atoms with E-state index in [1.807, 2.05) is 60.7 Å². The fraction of sp³-hybridized carbons (Fsp3) is 0.292. The zero-order chi connectivity index (χ0) is 21.4. The summed E-state index contributed by atoms with van der Waals surface area (Å²) < 4.78 is 5.92. The first kappa shape index (κ1) is 22.7. The molecule has 0 spiro atoms. The van der Waals surface area contributed by atoms with Crippen LogP contribution in [0.25, 0.3) is 0 Å². The quantitative estimate of drug-likeness (QED) is 0.475. The number of aliphatic hydroxyl groups excluding tert-OH is 2. The van der Waals surface area contributed by atoms with Crippen LogP contribution in [0.5, 0.6) is 5.75 Å². The number of allylic oxidation sites excluding steroid dienone is 1. The first-order chi connectivity index (χ1) is 14.5. The van der Waals surface area contributed by atoms with Gasteiger partial charge < -0.3 is 20.7 Å². The van der Waals surface area contributed by atoms with Gasteiger partial charge in [-0.05, 0) is 60.9 Å². The summed E-state index contributed by atoms with van der Waals surface area (Å²) in [6.07, 6.45) is 8.99. The monoisotopic (exact) mass is 443 g/mol. The second-order valence-corrected chi connectivity index (χ2v) is 8.92. The van der Waals surface area contributed by atoms with Crippen molar-refractivity contribution in [2.75, 3.05) is 19.8 Å². The molecular formula is C24H26ClNO3S. The highest BCUT2D eigenvalue weighted by Crippen LogP contribution is 2.33. The van der Waals surface area contributed by atoms with Crippen LogP contribution in [0.3, 0.4) is 0 Å². The first-order valence-electron chi connectivity index (χ1n) is 9.80. The van der Waals surface area contributed by atoms with Crippen molar-refractivity contribution in [3.63, 3.8) is 0 Å². The summed E-state index contributed by atoms with van der Waals surface area (Å²) in [7, 11) is 0. The molecule has 0 fully saturated rings. The van der Waals surface area contributed by atoms with Crippen LogP contribution in [0.1, 0.15) is 12.0 Å². The third-order valence-electron chi connectivity index (χ3n) is 4.89. The summed E-state index contributed by atoms with van der Waals surface area (Å²) in [5, 5.41) is 19.3. The molecule has 2 aromatic rings. The van der Waals surface area contributed by atoms with Gasteiger partial charge in [-0.15, -0.1) is 5.73 Å². The van der Waals surface area contributed by atoms with Gasteiger partial charge in [0.15, 0.2) is 0 Å². The molecule has 0 saturated carbocycles. The van der Waals surface area contributed by atoms with E-state index in [0.717, 1.165) is 21.1 Å². The minimum atomic E-state index is -0.989. The fourth-order valence-electron chi connectivity index (χ4n) is 2.93. The highest BCUT2D eigenvalue weighted by molar-refractivity contribution is 7.99. The number of hydrogen-bond donors (Lipinski definition) is 3. The average molecular weight is 444 g/mol. The van der Waals surface area contributed by atoms with Crippen LogP contribution in [-0.4, -0.2) is 35.6 Å². The van der Waals surface area contributed by atoms with Gasteiger partial charge in [0.1, 0.15) is 5.75 Å². The maximum absolute atomic E-state index is 9.33. The van der Waals surface area contributed by atoms with Crippen molar-refractivity contribution in [1.29, 1.82) is 0 Å². The summed E-state index contributed by atoms with van der Waals surface area (Å²) in [5.74, 6) is 1.06. The lowest BCUT2D eigenvalue weighted by Gasteiger charge is -2.24. The Labute approximate surface area is 186 Å². The molecule has 0 amide bonds. The Hall–Kier alpha value is -1.98. The van der Waals surface area contributed by atoms with Crippen molar-refractivity contribution in [1.82, 2.24) is 0 Å². The van der Waals surface area contributed by atoms with Crippen LogP contribution < -0.4 is 10.5 Å². The molecule has 0 radical (unpaired) electrons. The van der Waals surface area contributed by atoms with E-state index >= 15 is 0 Å². The molecule has 0 aromatic heterocycles. The molecule has 0 saturated heterocycles. The zero-order valence-corrected chi connectivity index (χ0v) is 18.2. The number of aliphatic hydroxyl groups is 2.